The molecule has 6 atom stereocenters. The molecular formula is C28H40N2O6. The molecule has 1 spiro atoms. The van der Waals surface area contributed by atoms with Crippen LogP contribution in [0.2, 0.25) is 0 Å². The number of hydrogen-bond donors (Lipinski definition) is 1. The van der Waals surface area contributed by atoms with Crippen LogP contribution in [0.4, 0.5) is 0 Å². The fourth-order valence-electron chi connectivity index (χ4n) is 7.28. The molecule has 1 unspecified atom stereocenters. The number of nitrogens with zero attached hydrogens (tertiary/aromatic N) is 2. The van der Waals surface area contributed by atoms with E-state index in [9.17, 15) is 19.5 Å². The van der Waals surface area contributed by atoms with E-state index in [1.807, 2.05) is 43.1 Å². The Labute approximate surface area is 213 Å². The summed E-state index contributed by atoms with van der Waals surface area (Å²) in [5, 5.41) is 10.2. The summed E-state index contributed by atoms with van der Waals surface area (Å²) in [5.74, 6) is -2.66. The van der Waals surface area contributed by atoms with Crippen LogP contribution in [0.3, 0.4) is 0 Å². The molecule has 0 aromatic rings. The molecule has 4 aliphatic heterocycles. The van der Waals surface area contributed by atoms with Crippen LogP contribution in [0.1, 0.15) is 71.6 Å². The number of esters is 1. The molecule has 4 heterocycles. The van der Waals surface area contributed by atoms with Crippen molar-refractivity contribution in [2.45, 2.75) is 101 Å². The van der Waals surface area contributed by atoms with Crippen LogP contribution in [-0.2, 0) is 23.9 Å². The number of ether oxygens (including phenoxy) is 2. The summed E-state index contributed by atoms with van der Waals surface area (Å²) in [6, 6.07) is -1.34. The van der Waals surface area contributed by atoms with Gasteiger partial charge in [-0.2, -0.15) is 0 Å². The average molecular weight is 501 g/mol. The lowest BCUT2D eigenvalue weighted by Crippen LogP contribution is -2.60. The molecule has 0 aromatic carbocycles. The van der Waals surface area contributed by atoms with Crippen molar-refractivity contribution in [2.75, 3.05) is 19.8 Å². The zero-order valence-corrected chi connectivity index (χ0v) is 21.6. The van der Waals surface area contributed by atoms with E-state index in [4.69, 9.17) is 9.47 Å². The van der Waals surface area contributed by atoms with Gasteiger partial charge in [-0.15, -0.1) is 0 Å². The van der Waals surface area contributed by atoms with Gasteiger partial charge in [-0.1, -0.05) is 50.5 Å². The van der Waals surface area contributed by atoms with Gasteiger partial charge in [0.05, 0.1) is 30.8 Å². The smallest absolute Gasteiger partial charge is 0.313 e. The molecule has 5 rings (SSSR count). The number of amides is 2. The minimum atomic E-state index is -1.29. The molecule has 1 aliphatic carbocycles. The summed E-state index contributed by atoms with van der Waals surface area (Å²) in [6.45, 7) is 4.24. The maximum Gasteiger partial charge on any atom is 0.313 e. The van der Waals surface area contributed by atoms with Crippen LogP contribution in [0, 0.1) is 11.8 Å². The number of cyclic esters (lactones) is 1. The molecule has 36 heavy (non-hydrogen) atoms. The minimum absolute atomic E-state index is 0.124. The van der Waals surface area contributed by atoms with Gasteiger partial charge in [-0.25, -0.2) is 0 Å². The lowest BCUT2D eigenvalue weighted by molar-refractivity contribution is -0.162. The Hall–Kier alpha value is -2.19. The number of aliphatic hydroxyl groups excluding tert-OH is 1. The van der Waals surface area contributed by atoms with Crippen molar-refractivity contribution >= 4 is 17.8 Å². The molecule has 1 saturated carbocycles. The van der Waals surface area contributed by atoms with Gasteiger partial charge in [0.15, 0.2) is 0 Å². The SMILES string of the molecule is CC[C@@H](CO)N1C(=O)[C@@H]2[C@@H]3C(=O)OCCCC/C=C\[C@]3(C)O[C@@]23C=CCN(C2CCCCC2)C(=O)C13. The van der Waals surface area contributed by atoms with Gasteiger partial charge in [0.1, 0.15) is 17.6 Å². The predicted octanol–water partition coefficient (Wildman–Crippen LogP) is 2.74. The molecule has 0 bridgehead atoms. The molecule has 5 aliphatic rings. The van der Waals surface area contributed by atoms with Crippen molar-refractivity contribution in [1.29, 1.82) is 0 Å². The third kappa shape index (κ3) is 3.92. The Morgan fingerprint density at radius 2 is 1.81 bits per heavy atom. The van der Waals surface area contributed by atoms with E-state index in [1.54, 1.807) is 4.90 Å². The van der Waals surface area contributed by atoms with E-state index >= 15 is 0 Å². The van der Waals surface area contributed by atoms with Crippen molar-refractivity contribution in [3.8, 4) is 0 Å². The fraction of sp³-hybridized carbons (Fsp3) is 0.750. The van der Waals surface area contributed by atoms with E-state index < -0.39 is 41.1 Å². The summed E-state index contributed by atoms with van der Waals surface area (Å²) >= 11 is 0. The number of fused-ring (bicyclic) bond motifs is 2. The van der Waals surface area contributed by atoms with Crippen LogP contribution in [0.25, 0.3) is 0 Å². The minimum Gasteiger partial charge on any atom is -0.465 e. The van der Waals surface area contributed by atoms with Gasteiger partial charge in [-0.05, 0) is 45.4 Å². The van der Waals surface area contributed by atoms with Crippen LogP contribution in [0.15, 0.2) is 24.3 Å². The van der Waals surface area contributed by atoms with Crippen molar-refractivity contribution in [2.24, 2.45) is 11.8 Å². The number of rotatable bonds is 4. The highest BCUT2D eigenvalue weighted by Gasteiger charge is 2.75. The molecule has 8 nitrogen and oxygen atoms in total. The van der Waals surface area contributed by atoms with E-state index in [2.05, 4.69) is 0 Å². The van der Waals surface area contributed by atoms with Gasteiger partial charge in [0.2, 0.25) is 11.8 Å². The zero-order valence-electron chi connectivity index (χ0n) is 21.6. The Bertz CT molecular complexity index is 938. The van der Waals surface area contributed by atoms with Crippen molar-refractivity contribution in [3.05, 3.63) is 24.3 Å². The molecular weight excluding hydrogens is 460 g/mol. The normalized spacial score (nSPS) is 39.2. The summed E-state index contributed by atoms with van der Waals surface area (Å²) < 4.78 is 12.5. The molecule has 1 N–H and O–H groups in total. The first-order valence-electron chi connectivity index (χ1n) is 13.8. The third-order valence-electron chi connectivity index (χ3n) is 9.06. The van der Waals surface area contributed by atoms with E-state index in [0.29, 0.717) is 19.6 Å². The van der Waals surface area contributed by atoms with Gasteiger partial charge in [0, 0.05) is 12.6 Å². The average Bonchev–Trinajstić information content (AvgIpc) is 3.20. The summed E-state index contributed by atoms with van der Waals surface area (Å²) in [5.41, 5.74) is -2.37. The van der Waals surface area contributed by atoms with E-state index in [1.165, 1.54) is 6.42 Å². The van der Waals surface area contributed by atoms with Crippen molar-refractivity contribution in [3.63, 3.8) is 0 Å². The number of aliphatic hydroxyl groups is 1. The predicted molar refractivity (Wildman–Crippen MR) is 133 cm³/mol. The number of allylic oxidation sites excluding steroid dienone is 1. The van der Waals surface area contributed by atoms with Gasteiger partial charge in [0.25, 0.3) is 0 Å². The van der Waals surface area contributed by atoms with Gasteiger partial charge in [-0.3, -0.25) is 14.4 Å². The second kappa shape index (κ2) is 9.93. The largest absolute Gasteiger partial charge is 0.465 e. The van der Waals surface area contributed by atoms with Crippen molar-refractivity contribution < 1.29 is 29.0 Å². The van der Waals surface area contributed by atoms with Crippen LogP contribution >= 0.6 is 0 Å². The molecule has 2 saturated heterocycles. The number of hydrogen-bond acceptors (Lipinski definition) is 6. The highest BCUT2D eigenvalue weighted by Crippen LogP contribution is 2.57. The summed E-state index contributed by atoms with van der Waals surface area (Å²) in [6.07, 6.45) is 16.0. The standard InChI is InChI=1S/C28H40N2O6/c1-3-19(18-31)30-23-25(33)29(20-12-7-6-8-13-20)16-11-15-28(23)21(24(30)32)22-26(34)35-17-10-5-4-9-14-27(22,2)36-28/h9,11,14-15,19-23,31H,3-8,10,12-13,16-18H2,1-2H3/b14-9-/t19-,21-,22+,23?,27-,28-/m0/s1. The third-order valence-corrected chi connectivity index (χ3v) is 9.06. The Kier molecular flexibility index (Phi) is 7.03. The fourth-order valence-corrected chi connectivity index (χ4v) is 7.28. The lowest BCUT2D eigenvalue weighted by atomic mass is 9.74. The highest BCUT2D eigenvalue weighted by atomic mass is 16.6. The van der Waals surface area contributed by atoms with Crippen LogP contribution in [0.5, 0.6) is 0 Å². The topological polar surface area (TPSA) is 96.4 Å². The van der Waals surface area contributed by atoms with Crippen LogP contribution < -0.4 is 0 Å². The summed E-state index contributed by atoms with van der Waals surface area (Å²) in [4.78, 5) is 45.6. The Morgan fingerprint density at radius 3 is 2.53 bits per heavy atom. The van der Waals surface area contributed by atoms with E-state index in [0.717, 1.165) is 44.9 Å². The quantitative estimate of drug-likeness (QED) is 0.471. The van der Waals surface area contributed by atoms with Gasteiger partial charge < -0.3 is 24.4 Å². The second-order valence-corrected chi connectivity index (χ2v) is 11.2. The monoisotopic (exact) mass is 500 g/mol. The first kappa shape index (κ1) is 25.5. The molecule has 0 radical (unpaired) electrons. The lowest BCUT2D eigenvalue weighted by Gasteiger charge is -2.42. The highest BCUT2D eigenvalue weighted by molar-refractivity contribution is 5.99. The van der Waals surface area contributed by atoms with Crippen molar-refractivity contribution in [1.82, 2.24) is 9.80 Å². The maximum absolute atomic E-state index is 14.4. The first-order valence-corrected chi connectivity index (χ1v) is 13.8. The molecule has 3 fully saturated rings. The van der Waals surface area contributed by atoms with Gasteiger partial charge >= 0.3 is 5.97 Å². The number of likely N-dealkylation sites (tertiary alicyclic amines) is 1. The molecule has 198 valence electrons. The summed E-state index contributed by atoms with van der Waals surface area (Å²) in [7, 11) is 0. The molecule has 0 aromatic heterocycles. The molecule has 2 amide bonds. The Morgan fingerprint density at radius 1 is 1.03 bits per heavy atom. The number of carbonyl (C=O) groups is 3. The van der Waals surface area contributed by atoms with Crippen LogP contribution in [-0.4, -0.2) is 81.8 Å². The first-order chi connectivity index (χ1) is 17.4. The maximum atomic E-state index is 14.4. The second-order valence-electron chi connectivity index (χ2n) is 11.2. The zero-order chi connectivity index (χ0) is 25.5. The number of carbonyl (C=O) groups excluding carboxylic acids is 3. The molecule has 8 heteroatoms. The Balaban J connectivity index is 1.63. The van der Waals surface area contributed by atoms with E-state index in [-0.39, 0.29) is 24.5 Å².